The Bertz CT molecular complexity index is 3640. The highest BCUT2D eigenvalue weighted by Crippen LogP contribution is 2.48. The maximum atomic E-state index is 2.45. The Morgan fingerprint density at radius 3 is 1.38 bits per heavy atom. The molecular weight excluding hydrogens is 721 g/mol. The summed E-state index contributed by atoms with van der Waals surface area (Å²) in [6.07, 6.45) is 0. The number of hydrogen-bond donors (Lipinski definition) is 0. The molecule has 0 aromatic heterocycles. The van der Waals surface area contributed by atoms with Gasteiger partial charge < -0.3 is 0 Å². The summed E-state index contributed by atoms with van der Waals surface area (Å²) in [5, 5.41) is 15.0. The van der Waals surface area contributed by atoms with Crippen molar-refractivity contribution < 1.29 is 0 Å². The molecule has 0 spiro atoms. The van der Waals surface area contributed by atoms with E-state index >= 15 is 0 Å². The van der Waals surface area contributed by atoms with E-state index in [-0.39, 0.29) is 0 Å². The second-order valence-electron chi connectivity index (χ2n) is 16.0. The van der Waals surface area contributed by atoms with Crippen molar-refractivity contribution in [3.63, 3.8) is 0 Å². The van der Waals surface area contributed by atoms with Gasteiger partial charge in [-0.3, -0.25) is 0 Å². The molecule has 0 radical (unpaired) electrons. The summed E-state index contributed by atoms with van der Waals surface area (Å²) >= 11 is 0. The van der Waals surface area contributed by atoms with Crippen LogP contribution in [0.1, 0.15) is 0 Å². The van der Waals surface area contributed by atoms with Crippen molar-refractivity contribution in [3.05, 3.63) is 231 Å². The maximum absolute atomic E-state index is 2.45. The van der Waals surface area contributed by atoms with Crippen LogP contribution < -0.4 is 0 Å². The third-order valence-electron chi connectivity index (χ3n) is 12.6. The molecule has 0 aliphatic heterocycles. The average molecular weight is 759 g/mol. The quantitative estimate of drug-likeness (QED) is 0.153. The number of fused-ring (bicyclic) bond motifs is 6. The molecule has 0 atom stereocenters. The van der Waals surface area contributed by atoms with Crippen molar-refractivity contribution >= 4 is 64.6 Å². The van der Waals surface area contributed by atoms with E-state index in [1.807, 2.05) is 0 Å². The molecule has 0 saturated carbocycles. The van der Waals surface area contributed by atoms with Crippen LogP contribution in [0.15, 0.2) is 231 Å². The van der Waals surface area contributed by atoms with Crippen LogP contribution in [-0.2, 0) is 0 Å². The summed E-state index contributed by atoms with van der Waals surface area (Å²) in [5.41, 5.74) is 12.4. The Labute approximate surface area is 349 Å². The standard InChI is InChI=1S/C60H38/c1-2-13-39(14-3-1)43-26-27-45-36-46(29-28-44(45)35-43)47-31-32-57-58(38-47)59(48-30-25-40-15-4-5-17-42(40)37-48)54-22-10-11-23-55(54)60(57)56-34-33-53(51-20-8-9-21-52(51)56)50-24-12-18-41-16-6-7-19-49(41)50/h1-38H. The van der Waals surface area contributed by atoms with Gasteiger partial charge in [-0.2, -0.15) is 0 Å². The topological polar surface area (TPSA) is 0 Å². The summed E-state index contributed by atoms with van der Waals surface area (Å²) < 4.78 is 0. The normalized spacial score (nSPS) is 11.7. The third-order valence-corrected chi connectivity index (χ3v) is 12.6. The summed E-state index contributed by atoms with van der Waals surface area (Å²) in [4.78, 5) is 0. The van der Waals surface area contributed by atoms with Gasteiger partial charge in [-0.15, -0.1) is 0 Å². The summed E-state index contributed by atoms with van der Waals surface area (Å²) in [6.45, 7) is 0. The zero-order chi connectivity index (χ0) is 39.6. The Balaban J connectivity index is 1.12. The lowest BCUT2D eigenvalue weighted by molar-refractivity contribution is 1.63. The molecule has 0 bridgehead atoms. The van der Waals surface area contributed by atoms with E-state index < -0.39 is 0 Å². The fourth-order valence-corrected chi connectivity index (χ4v) is 9.75. The van der Waals surface area contributed by atoms with Crippen molar-refractivity contribution in [2.75, 3.05) is 0 Å². The molecule has 0 fully saturated rings. The van der Waals surface area contributed by atoms with E-state index in [1.165, 1.54) is 120 Å². The summed E-state index contributed by atoms with van der Waals surface area (Å²) in [7, 11) is 0. The first-order chi connectivity index (χ1) is 29.7. The van der Waals surface area contributed by atoms with Gasteiger partial charge in [0.15, 0.2) is 0 Å². The van der Waals surface area contributed by atoms with E-state index in [4.69, 9.17) is 0 Å². The summed E-state index contributed by atoms with van der Waals surface area (Å²) in [6, 6.07) is 85.3. The van der Waals surface area contributed by atoms with Crippen LogP contribution in [0.5, 0.6) is 0 Å². The van der Waals surface area contributed by atoms with Crippen molar-refractivity contribution in [1.82, 2.24) is 0 Å². The molecule has 12 aromatic rings. The highest BCUT2D eigenvalue weighted by molar-refractivity contribution is 6.25. The minimum absolute atomic E-state index is 1.20. The Hall–Kier alpha value is -7.80. The third kappa shape index (κ3) is 5.61. The van der Waals surface area contributed by atoms with Crippen molar-refractivity contribution in [2.24, 2.45) is 0 Å². The lowest BCUT2D eigenvalue weighted by Gasteiger charge is -2.21. The molecule has 60 heavy (non-hydrogen) atoms. The molecule has 0 unspecified atom stereocenters. The molecule has 0 N–H and O–H groups in total. The van der Waals surface area contributed by atoms with Crippen LogP contribution in [-0.4, -0.2) is 0 Å². The van der Waals surface area contributed by atoms with Crippen LogP contribution in [0.25, 0.3) is 120 Å². The monoisotopic (exact) mass is 758 g/mol. The molecular formula is C60H38. The zero-order valence-corrected chi connectivity index (χ0v) is 32.9. The molecule has 0 nitrogen and oxygen atoms in total. The molecule has 0 heteroatoms. The van der Waals surface area contributed by atoms with E-state index in [0.717, 1.165) is 0 Å². The Morgan fingerprint density at radius 2 is 0.617 bits per heavy atom. The fraction of sp³-hybridized carbons (Fsp3) is 0. The van der Waals surface area contributed by atoms with Crippen LogP contribution in [0.2, 0.25) is 0 Å². The molecule has 12 rings (SSSR count). The summed E-state index contributed by atoms with van der Waals surface area (Å²) in [5.74, 6) is 0. The predicted molar refractivity (Wildman–Crippen MR) is 259 cm³/mol. The van der Waals surface area contributed by atoms with Gasteiger partial charge in [0, 0.05) is 0 Å². The molecule has 0 heterocycles. The number of hydrogen-bond acceptors (Lipinski definition) is 0. The fourth-order valence-electron chi connectivity index (χ4n) is 9.75. The first-order valence-corrected chi connectivity index (χ1v) is 20.8. The second kappa shape index (κ2) is 13.9. The van der Waals surface area contributed by atoms with Gasteiger partial charge >= 0.3 is 0 Å². The lowest BCUT2D eigenvalue weighted by atomic mass is 9.82. The molecule has 0 aliphatic carbocycles. The lowest BCUT2D eigenvalue weighted by Crippen LogP contribution is -1.93. The second-order valence-corrected chi connectivity index (χ2v) is 16.0. The smallest absolute Gasteiger partial charge is 0.00201 e. The Morgan fingerprint density at radius 1 is 0.167 bits per heavy atom. The Kier molecular flexibility index (Phi) is 7.96. The van der Waals surface area contributed by atoms with Gasteiger partial charge in [-0.05, 0) is 145 Å². The van der Waals surface area contributed by atoms with Gasteiger partial charge in [0.25, 0.3) is 0 Å². The van der Waals surface area contributed by atoms with Crippen LogP contribution in [0.4, 0.5) is 0 Å². The van der Waals surface area contributed by atoms with Crippen LogP contribution in [0, 0.1) is 0 Å². The molecule has 278 valence electrons. The molecule has 0 aliphatic rings. The van der Waals surface area contributed by atoms with Gasteiger partial charge in [-0.25, -0.2) is 0 Å². The minimum Gasteiger partial charge on any atom is -0.0622 e. The number of rotatable bonds is 5. The van der Waals surface area contributed by atoms with E-state index in [1.54, 1.807) is 0 Å². The molecule has 0 amide bonds. The van der Waals surface area contributed by atoms with Gasteiger partial charge in [-0.1, -0.05) is 206 Å². The first-order valence-electron chi connectivity index (χ1n) is 20.8. The van der Waals surface area contributed by atoms with Crippen LogP contribution >= 0.6 is 0 Å². The van der Waals surface area contributed by atoms with Crippen LogP contribution in [0.3, 0.4) is 0 Å². The average Bonchev–Trinajstić information content (AvgIpc) is 3.32. The predicted octanol–water partition coefficient (Wildman–Crippen LogP) is 16.9. The van der Waals surface area contributed by atoms with E-state index in [0.29, 0.717) is 0 Å². The zero-order valence-electron chi connectivity index (χ0n) is 32.9. The molecule has 12 aromatic carbocycles. The van der Waals surface area contributed by atoms with E-state index in [9.17, 15) is 0 Å². The SMILES string of the molecule is c1ccc(-c2ccc3cc(-c4ccc5c(-c6ccc(-c7cccc8ccccc78)c7ccccc67)c6ccccc6c(-c6ccc7ccccc7c6)c5c4)ccc3c2)cc1. The van der Waals surface area contributed by atoms with Gasteiger partial charge in [0.2, 0.25) is 0 Å². The highest BCUT2D eigenvalue weighted by atomic mass is 14.2. The molecule has 0 saturated heterocycles. The van der Waals surface area contributed by atoms with Crippen molar-refractivity contribution in [1.29, 1.82) is 0 Å². The van der Waals surface area contributed by atoms with E-state index in [2.05, 4.69) is 231 Å². The minimum atomic E-state index is 1.20. The van der Waals surface area contributed by atoms with Crippen molar-refractivity contribution in [2.45, 2.75) is 0 Å². The first kappa shape index (κ1) is 34.3. The van der Waals surface area contributed by atoms with Gasteiger partial charge in [0.05, 0.1) is 0 Å². The van der Waals surface area contributed by atoms with Gasteiger partial charge in [0.1, 0.15) is 0 Å². The number of benzene rings is 12. The maximum Gasteiger partial charge on any atom is -0.00201 e. The van der Waals surface area contributed by atoms with Crippen molar-refractivity contribution in [3.8, 4) is 55.6 Å². The highest BCUT2D eigenvalue weighted by Gasteiger charge is 2.20. The largest absolute Gasteiger partial charge is 0.0622 e.